The minimum Gasteiger partial charge on any atom is -0.316 e. The van der Waals surface area contributed by atoms with E-state index in [4.69, 9.17) is 0 Å². The van der Waals surface area contributed by atoms with Gasteiger partial charge in [-0.15, -0.1) is 6.58 Å². The summed E-state index contributed by atoms with van der Waals surface area (Å²) in [5.41, 5.74) is 0. The van der Waals surface area contributed by atoms with Crippen molar-refractivity contribution in [1.82, 2.24) is 10.2 Å². The molecule has 1 aliphatic rings. The molecular formula is C14H28N2. The molecule has 1 rings (SSSR count). The van der Waals surface area contributed by atoms with Crippen molar-refractivity contribution in [2.45, 2.75) is 52.1 Å². The Kier molecular flexibility index (Phi) is 6.07. The van der Waals surface area contributed by atoms with Crippen LogP contribution in [-0.4, -0.2) is 36.6 Å². The second kappa shape index (κ2) is 7.08. The second-order valence-electron chi connectivity index (χ2n) is 5.14. The zero-order valence-corrected chi connectivity index (χ0v) is 11.2. The highest BCUT2D eigenvalue weighted by Crippen LogP contribution is 2.30. The minimum atomic E-state index is 0.662. The van der Waals surface area contributed by atoms with Gasteiger partial charge in [0.2, 0.25) is 0 Å². The van der Waals surface area contributed by atoms with Gasteiger partial charge in [-0.05, 0) is 45.2 Å². The Morgan fingerprint density at radius 2 is 2.12 bits per heavy atom. The fourth-order valence-electron chi connectivity index (χ4n) is 2.21. The van der Waals surface area contributed by atoms with Crippen molar-refractivity contribution in [2.75, 3.05) is 19.6 Å². The molecule has 0 saturated heterocycles. The molecule has 2 unspecified atom stereocenters. The Morgan fingerprint density at radius 3 is 2.62 bits per heavy atom. The van der Waals surface area contributed by atoms with E-state index in [1.54, 1.807) is 0 Å². The standard InChI is InChI=1S/C14H28N2/c1-5-9-15-11-12(3)13(4)16(10-6-2)14-7-8-14/h6,12-15H,2,5,7-11H2,1,3-4H3. The van der Waals surface area contributed by atoms with Crippen LogP contribution in [0.15, 0.2) is 12.7 Å². The molecular weight excluding hydrogens is 196 g/mol. The molecule has 1 saturated carbocycles. The average molecular weight is 224 g/mol. The van der Waals surface area contributed by atoms with Crippen LogP contribution in [-0.2, 0) is 0 Å². The van der Waals surface area contributed by atoms with E-state index in [2.05, 4.69) is 37.6 Å². The molecule has 1 fully saturated rings. The Hall–Kier alpha value is -0.340. The van der Waals surface area contributed by atoms with Gasteiger partial charge in [0.15, 0.2) is 0 Å². The van der Waals surface area contributed by atoms with Gasteiger partial charge in [0.25, 0.3) is 0 Å². The zero-order chi connectivity index (χ0) is 12.0. The lowest BCUT2D eigenvalue weighted by Crippen LogP contribution is -2.42. The highest BCUT2D eigenvalue weighted by Gasteiger charge is 2.32. The topological polar surface area (TPSA) is 15.3 Å². The van der Waals surface area contributed by atoms with Crippen molar-refractivity contribution in [3.05, 3.63) is 12.7 Å². The molecule has 2 heteroatoms. The zero-order valence-electron chi connectivity index (χ0n) is 11.2. The summed E-state index contributed by atoms with van der Waals surface area (Å²) in [6.07, 6.45) is 6.03. The summed E-state index contributed by atoms with van der Waals surface area (Å²) in [5.74, 6) is 0.715. The van der Waals surface area contributed by atoms with Gasteiger partial charge in [0.05, 0.1) is 0 Å². The van der Waals surface area contributed by atoms with Gasteiger partial charge in [0, 0.05) is 18.6 Å². The average Bonchev–Trinajstić information content (AvgIpc) is 3.09. The molecule has 0 heterocycles. The van der Waals surface area contributed by atoms with Crippen LogP contribution in [0.1, 0.15) is 40.0 Å². The Morgan fingerprint density at radius 1 is 1.44 bits per heavy atom. The number of hydrogen-bond donors (Lipinski definition) is 1. The van der Waals surface area contributed by atoms with E-state index in [1.165, 1.54) is 19.3 Å². The van der Waals surface area contributed by atoms with Crippen LogP contribution >= 0.6 is 0 Å². The molecule has 2 atom stereocenters. The summed E-state index contributed by atoms with van der Waals surface area (Å²) in [7, 11) is 0. The summed E-state index contributed by atoms with van der Waals surface area (Å²) in [6, 6.07) is 1.50. The number of rotatable bonds is 9. The summed E-state index contributed by atoms with van der Waals surface area (Å²) >= 11 is 0. The smallest absolute Gasteiger partial charge is 0.0166 e. The third kappa shape index (κ3) is 4.26. The lowest BCUT2D eigenvalue weighted by Gasteiger charge is -2.32. The van der Waals surface area contributed by atoms with E-state index >= 15 is 0 Å². The van der Waals surface area contributed by atoms with Crippen molar-refractivity contribution < 1.29 is 0 Å². The molecule has 2 nitrogen and oxygen atoms in total. The van der Waals surface area contributed by atoms with Crippen LogP contribution < -0.4 is 5.32 Å². The maximum atomic E-state index is 3.87. The fourth-order valence-corrected chi connectivity index (χ4v) is 2.21. The van der Waals surface area contributed by atoms with Gasteiger partial charge >= 0.3 is 0 Å². The molecule has 0 aromatic rings. The molecule has 1 aliphatic carbocycles. The predicted octanol–water partition coefficient (Wildman–Crippen LogP) is 2.66. The van der Waals surface area contributed by atoms with E-state index in [0.717, 1.165) is 25.7 Å². The molecule has 0 radical (unpaired) electrons. The van der Waals surface area contributed by atoms with Crippen molar-refractivity contribution >= 4 is 0 Å². The summed E-state index contributed by atoms with van der Waals surface area (Å²) in [6.45, 7) is 14.1. The molecule has 0 bridgehead atoms. The van der Waals surface area contributed by atoms with Crippen LogP contribution in [0.3, 0.4) is 0 Å². The molecule has 1 N–H and O–H groups in total. The van der Waals surface area contributed by atoms with E-state index in [0.29, 0.717) is 12.0 Å². The van der Waals surface area contributed by atoms with Gasteiger partial charge in [-0.1, -0.05) is 19.9 Å². The van der Waals surface area contributed by atoms with Crippen molar-refractivity contribution in [3.8, 4) is 0 Å². The normalized spacial score (nSPS) is 19.8. The lowest BCUT2D eigenvalue weighted by atomic mass is 10.0. The first kappa shape index (κ1) is 13.7. The van der Waals surface area contributed by atoms with Crippen molar-refractivity contribution in [2.24, 2.45) is 5.92 Å². The molecule has 0 spiro atoms. The maximum Gasteiger partial charge on any atom is 0.0166 e. The monoisotopic (exact) mass is 224 g/mol. The van der Waals surface area contributed by atoms with Gasteiger partial charge in [-0.2, -0.15) is 0 Å². The number of hydrogen-bond acceptors (Lipinski definition) is 2. The number of nitrogens with zero attached hydrogens (tertiary/aromatic N) is 1. The van der Waals surface area contributed by atoms with Crippen molar-refractivity contribution in [3.63, 3.8) is 0 Å². The van der Waals surface area contributed by atoms with E-state index < -0.39 is 0 Å². The first-order valence-corrected chi connectivity index (χ1v) is 6.78. The van der Waals surface area contributed by atoms with E-state index in [1.807, 2.05) is 6.08 Å². The molecule has 0 aliphatic heterocycles. The fraction of sp³-hybridized carbons (Fsp3) is 0.857. The summed E-state index contributed by atoms with van der Waals surface area (Å²) in [5, 5.41) is 3.52. The maximum absolute atomic E-state index is 3.87. The lowest BCUT2D eigenvalue weighted by molar-refractivity contribution is 0.167. The van der Waals surface area contributed by atoms with Gasteiger partial charge in [0.1, 0.15) is 0 Å². The van der Waals surface area contributed by atoms with Crippen molar-refractivity contribution in [1.29, 1.82) is 0 Å². The Bertz CT molecular complexity index is 199. The van der Waals surface area contributed by atoms with Crippen LogP contribution in [0.5, 0.6) is 0 Å². The van der Waals surface area contributed by atoms with E-state index in [-0.39, 0.29) is 0 Å². The van der Waals surface area contributed by atoms with Crippen LogP contribution in [0.2, 0.25) is 0 Å². The third-order valence-electron chi connectivity index (χ3n) is 3.60. The first-order valence-electron chi connectivity index (χ1n) is 6.78. The largest absolute Gasteiger partial charge is 0.316 e. The SMILES string of the molecule is C=CCN(C1CC1)C(C)C(C)CNCCC. The first-order chi connectivity index (χ1) is 7.70. The molecule has 0 aromatic carbocycles. The molecule has 0 aromatic heterocycles. The van der Waals surface area contributed by atoms with Crippen LogP contribution in [0, 0.1) is 5.92 Å². The highest BCUT2D eigenvalue weighted by atomic mass is 15.2. The Balaban J connectivity index is 2.33. The molecule has 16 heavy (non-hydrogen) atoms. The van der Waals surface area contributed by atoms with Crippen LogP contribution in [0.4, 0.5) is 0 Å². The summed E-state index contributed by atoms with van der Waals surface area (Å²) < 4.78 is 0. The molecule has 0 amide bonds. The quantitative estimate of drug-likeness (QED) is 0.478. The van der Waals surface area contributed by atoms with Gasteiger partial charge in [-0.25, -0.2) is 0 Å². The Labute approximate surface area is 101 Å². The van der Waals surface area contributed by atoms with E-state index in [9.17, 15) is 0 Å². The number of nitrogens with one attached hydrogen (secondary N) is 1. The summed E-state index contributed by atoms with van der Waals surface area (Å²) in [4.78, 5) is 2.62. The predicted molar refractivity (Wildman–Crippen MR) is 71.7 cm³/mol. The van der Waals surface area contributed by atoms with Gasteiger partial charge in [-0.3, -0.25) is 4.90 Å². The second-order valence-corrected chi connectivity index (χ2v) is 5.14. The van der Waals surface area contributed by atoms with Crippen LogP contribution in [0.25, 0.3) is 0 Å². The molecule has 94 valence electrons. The highest BCUT2D eigenvalue weighted by molar-refractivity contribution is 4.92. The van der Waals surface area contributed by atoms with Gasteiger partial charge < -0.3 is 5.32 Å². The minimum absolute atomic E-state index is 0.662. The third-order valence-corrected chi connectivity index (χ3v) is 3.60.